The molecule has 2 aliphatic rings. The Balaban J connectivity index is 1.64. The number of nitrogens with one attached hydrogen (secondary N) is 1. The van der Waals surface area contributed by atoms with Gasteiger partial charge in [0.2, 0.25) is 10.0 Å². The molecular weight excluding hydrogens is 358 g/mol. The largest absolute Gasteiger partial charge is 0.334 e. The molecule has 7 nitrogen and oxygen atoms in total. The fraction of sp³-hybridized carbons (Fsp3) is 0.875. The molecule has 1 aromatic heterocycles. The summed E-state index contributed by atoms with van der Waals surface area (Å²) < 4.78 is 27.5. The van der Waals surface area contributed by atoms with Gasteiger partial charge in [-0.2, -0.15) is 0 Å². The molecular formula is C16H30N5O2S2+. The van der Waals surface area contributed by atoms with Crippen LogP contribution in [0.3, 0.4) is 0 Å². The summed E-state index contributed by atoms with van der Waals surface area (Å²) in [6, 6.07) is 0. The van der Waals surface area contributed by atoms with E-state index < -0.39 is 10.0 Å². The molecule has 3 heterocycles. The maximum absolute atomic E-state index is 11.9. The minimum atomic E-state index is -3.14. The van der Waals surface area contributed by atoms with Gasteiger partial charge >= 0.3 is 0 Å². The first-order valence-corrected chi connectivity index (χ1v) is 12.2. The SMILES string of the molecule is CCn1c(SCC[NH+]2CCCC2)nnc1[C@@H]1CCCN(S(C)(=O)=O)C1. The van der Waals surface area contributed by atoms with Crippen molar-refractivity contribution in [3.8, 4) is 0 Å². The standard InChI is InChI=1S/C16H29N5O2S2/c1-3-21-15(14-7-6-10-20(13-14)25(2,22)23)17-18-16(21)24-12-11-19-8-4-5-9-19/h14H,3-13H2,1-2H3/p+1/t14-/m1/s1. The zero-order chi connectivity index (χ0) is 17.9. The van der Waals surface area contributed by atoms with Gasteiger partial charge in [-0.3, -0.25) is 0 Å². The van der Waals surface area contributed by atoms with Crippen LogP contribution >= 0.6 is 11.8 Å². The molecule has 142 valence electrons. The van der Waals surface area contributed by atoms with Crippen molar-refractivity contribution in [2.45, 2.75) is 50.2 Å². The molecule has 2 saturated heterocycles. The van der Waals surface area contributed by atoms with E-state index >= 15 is 0 Å². The summed E-state index contributed by atoms with van der Waals surface area (Å²) in [7, 11) is -3.14. The number of rotatable bonds is 7. The van der Waals surface area contributed by atoms with Gasteiger partial charge in [0.1, 0.15) is 5.82 Å². The quantitative estimate of drug-likeness (QED) is 0.676. The highest BCUT2D eigenvalue weighted by molar-refractivity contribution is 7.99. The van der Waals surface area contributed by atoms with Crippen molar-refractivity contribution >= 4 is 21.8 Å². The molecule has 2 aliphatic heterocycles. The first-order valence-electron chi connectivity index (χ1n) is 9.33. The van der Waals surface area contributed by atoms with Crippen molar-refractivity contribution in [3.63, 3.8) is 0 Å². The zero-order valence-electron chi connectivity index (χ0n) is 15.3. The number of hydrogen-bond acceptors (Lipinski definition) is 5. The van der Waals surface area contributed by atoms with Crippen molar-refractivity contribution in [2.75, 3.05) is 44.7 Å². The van der Waals surface area contributed by atoms with Gasteiger partial charge in [0.25, 0.3) is 0 Å². The Hall–Kier alpha value is -0.640. The van der Waals surface area contributed by atoms with Crippen LogP contribution in [0, 0.1) is 0 Å². The van der Waals surface area contributed by atoms with Crippen molar-refractivity contribution in [2.24, 2.45) is 0 Å². The number of sulfonamides is 1. The topological polar surface area (TPSA) is 72.5 Å². The molecule has 9 heteroatoms. The Bertz CT molecular complexity index is 670. The molecule has 2 fully saturated rings. The van der Waals surface area contributed by atoms with Gasteiger partial charge in [0.15, 0.2) is 5.16 Å². The smallest absolute Gasteiger partial charge is 0.211 e. The van der Waals surface area contributed by atoms with Crippen molar-refractivity contribution < 1.29 is 13.3 Å². The van der Waals surface area contributed by atoms with Gasteiger partial charge in [-0.05, 0) is 19.8 Å². The molecule has 0 bridgehead atoms. The number of quaternary nitrogens is 1. The van der Waals surface area contributed by atoms with E-state index in [0.717, 1.165) is 36.1 Å². The van der Waals surface area contributed by atoms with Crippen LogP contribution in [0.2, 0.25) is 0 Å². The lowest BCUT2D eigenvalue weighted by Gasteiger charge is -2.30. The average molecular weight is 389 g/mol. The van der Waals surface area contributed by atoms with Crippen LogP contribution in [-0.2, 0) is 16.6 Å². The highest BCUT2D eigenvalue weighted by Crippen LogP contribution is 2.29. The van der Waals surface area contributed by atoms with Crippen molar-refractivity contribution in [1.29, 1.82) is 0 Å². The van der Waals surface area contributed by atoms with Gasteiger partial charge in [0.05, 0.1) is 31.6 Å². The van der Waals surface area contributed by atoms with Crippen LogP contribution in [0.25, 0.3) is 0 Å². The van der Waals surface area contributed by atoms with Crippen molar-refractivity contribution in [3.05, 3.63) is 5.82 Å². The monoisotopic (exact) mass is 388 g/mol. The molecule has 0 aromatic carbocycles. The molecule has 0 unspecified atom stereocenters. The number of nitrogens with zero attached hydrogens (tertiary/aromatic N) is 4. The van der Waals surface area contributed by atoms with E-state index in [1.807, 2.05) is 0 Å². The molecule has 3 rings (SSSR count). The second-order valence-corrected chi connectivity index (χ2v) is 10.1. The molecule has 1 aromatic rings. The Labute approximate surface area is 155 Å². The third-order valence-electron chi connectivity index (χ3n) is 5.28. The van der Waals surface area contributed by atoms with Crippen LogP contribution in [0.4, 0.5) is 0 Å². The summed E-state index contributed by atoms with van der Waals surface area (Å²) in [6.45, 7) is 7.87. The van der Waals surface area contributed by atoms with Crippen LogP contribution in [-0.4, -0.2) is 72.2 Å². The first-order chi connectivity index (χ1) is 12.0. The summed E-state index contributed by atoms with van der Waals surface area (Å²) >= 11 is 1.79. The predicted octanol–water partition coefficient (Wildman–Crippen LogP) is 0.208. The molecule has 0 amide bonds. The fourth-order valence-electron chi connectivity index (χ4n) is 3.87. The lowest BCUT2D eigenvalue weighted by molar-refractivity contribution is -0.884. The summed E-state index contributed by atoms with van der Waals surface area (Å²) in [5.74, 6) is 2.16. The maximum atomic E-state index is 11.9. The van der Waals surface area contributed by atoms with Gasteiger partial charge in [-0.25, -0.2) is 12.7 Å². The third kappa shape index (κ3) is 4.75. The Morgan fingerprint density at radius 2 is 2.00 bits per heavy atom. The number of likely N-dealkylation sites (tertiary alicyclic amines) is 1. The van der Waals surface area contributed by atoms with Crippen LogP contribution in [0.1, 0.15) is 44.3 Å². The second kappa shape index (κ2) is 8.37. The van der Waals surface area contributed by atoms with Crippen molar-refractivity contribution in [1.82, 2.24) is 19.1 Å². The van der Waals surface area contributed by atoms with E-state index in [9.17, 15) is 8.42 Å². The average Bonchev–Trinajstić information content (AvgIpc) is 3.23. The Morgan fingerprint density at radius 1 is 1.24 bits per heavy atom. The number of piperidine rings is 1. The highest BCUT2D eigenvalue weighted by atomic mass is 32.2. The van der Waals surface area contributed by atoms with E-state index in [1.54, 1.807) is 21.0 Å². The molecule has 0 radical (unpaired) electrons. The van der Waals surface area contributed by atoms with E-state index in [4.69, 9.17) is 0 Å². The summed E-state index contributed by atoms with van der Waals surface area (Å²) in [6.07, 6.45) is 5.87. The number of aromatic nitrogens is 3. The number of thioether (sulfide) groups is 1. The van der Waals surface area contributed by atoms with E-state index in [2.05, 4.69) is 21.7 Å². The van der Waals surface area contributed by atoms with E-state index in [1.165, 1.54) is 38.7 Å². The normalized spacial score (nSPS) is 23.4. The van der Waals surface area contributed by atoms with Gasteiger partial charge in [0, 0.05) is 38.4 Å². The second-order valence-electron chi connectivity index (χ2n) is 7.10. The zero-order valence-corrected chi connectivity index (χ0v) is 16.9. The summed E-state index contributed by atoms with van der Waals surface area (Å²) in [5.41, 5.74) is 0. The fourth-order valence-corrected chi connectivity index (χ4v) is 5.83. The number of hydrogen-bond donors (Lipinski definition) is 1. The van der Waals surface area contributed by atoms with Gasteiger partial charge in [-0.15, -0.1) is 10.2 Å². The summed E-state index contributed by atoms with van der Waals surface area (Å²) in [5, 5.41) is 9.83. The highest BCUT2D eigenvalue weighted by Gasteiger charge is 2.30. The minimum Gasteiger partial charge on any atom is -0.334 e. The minimum absolute atomic E-state index is 0.148. The Morgan fingerprint density at radius 3 is 2.68 bits per heavy atom. The molecule has 0 saturated carbocycles. The molecule has 1 N–H and O–H groups in total. The van der Waals surface area contributed by atoms with E-state index in [-0.39, 0.29) is 5.92 Å². The Kier molecular flexibility index (Phi) is 6.40. The van der Waals surface area contributed by atoms with Crippen LogP contribution in [0.5, 0.6) is 0 Å². The lowest BCUT2D eigenvalue weighted by Crippen LogP contribution is -3.10. The summed E-state index contributed by atoms with van der Waals surface area (Å²) in [4.78, 5) is 1.70. The molecule has 1 atom stereocenters. The first kappa shape index (κ1) is 19.1. The third-order valence-corrected chi connectivity index (χ3v) is 7.52. The predicted molar refractivity (Wildman–Crippen MR) is 99.6 cm³/mol. The van der Waals surface area contributed by atoms with Crippen LogP contribution in [0.15, 0.2) is 5.16 Å². The maximum Gasteiger partial charge on any atom is 0.211 e. The lowest BCUT2D eigenvalue weighted by atomic mass is 9.99. The van der Waals surface area contributed by atoms with Crippen LogP contribution < -0.4 is 4.90 Å². The van der Waals surface area contributed by atoms with E-state index in [0.29, 0.717) is 13.1 Å². The van der Waals surface area contributed by atoms with Gasteiger partial charge in [-0.1, -0.05) is 11.8 Å². The molecule has 25 heavy (non-hydrogen) atoms. The van der Waals surface area contributed by atoms with Gasteiger partial charge < -0.3 is 9.47 Å². The molecule has 0 aliphatic carbocycles. The molecule has 0 spiro atoms.